The number of urea groups is 1. The van der Waals surface area contributed by atoms with Crippen molar-refractivity contribution in [3.8, 4) is 0 Å². The number of hydrogen-bond donors (Lipinski definition) is 3. The van der Waals surface area contributed by atoms with E-state index in [0.717, 1.165) is 9.80 Å². The lowest BCUT2D eigenvalue weighted by Gasteiger charge is -2.31. The van der Waals surface area contributed by atoms with Gasteiger partial charge in [-0.1, -0.05) is 0 Å². The Morgan fingerprint density at radius 3 is 2.32 bits per heavy atom. The molecule has 0 bridgehead atoms. The third-order valence-electron chi connectivity index (χ3n) is 3.03. The number of nitrogens with zero attached hydrogens (tertiary/aromatic N) is 2. The number of amides is 4. The van der Waals surface area contributed by atoms with Crippen molar-refractivity contribution in [1.82, 2.24) is 15.1 Å². The standard InChI is InChI=1S/C10H13N3O6/c14-5-1-6(9(17)18)13(2-5)10(19)12-3-7(15)11-8(16)4-12/h5-6,14H,1-4H2,(H,17,18)(H,11,15,16)/t5-,6-/m1/s1. The van der Waals surface area contributed by atoms with Crippen molar-refractivity contribution in [2.75, 3.05) is 19.6 Å². The SMILES string of the molecule is O=C1CN(C(=O)N2C[C@H](O)C[C@@H]2C(=O)O)CC(=O)N1. The van der Waals surface area contributed by atoms with Gasteiger partial charge in [-0.3, -0.25) is 14.9 Å². The maximum absolute atomic E-state index is 12.1. The number of aliphatic hydroxyl groups excluding tert-OH is 1. The number of likely N-dealkylation sites (tertiary alicyclic amines) is 1. The van der Waals surface area contributed by atoms with E-state index in [4.69, 9.17) is 5.11 Å². The molecule has 0 aromatic rings. The highest BCUT2D eigenvalue weighted by atomic mass is 16.4. The Hall–Kier alpha value is -2.16. The van der Waals surface area contributed by atoms with Crippen LogP contribution in [0.3, 0.4) is 0 Å². The predicted molar refractivity (Wildman–Crippen MR) is 58.9 cm³/mol. The Balaban J connectivity index is 2.12. The Labute approximate surface area is 107 Å². The van der Waals surface area contributed by atoms with Crippen molar-refractivity contribution < 1.29 is 29.4 Å². The average molecular weight is 271 g/mol. The Kier molecular flexibility index (Phi) is 3.38. The van der Waals surface area contributed by atoms with E-state index in [9.17, 15) is 24.3 Å². The molecule has 2 heterocycles. The number of imide groups is 1. The van der Waals surface area contributed by atoms with Gasteiger partial charge in [0.25, 0.3) is 0 Å². The summed E-state index contributed by atoms with van der Waals surface area (Å²) < 4.78 is 0. The molecule has 0 spiro atoms. The van der Waals surface area contributed by atoms with Gasteiger partial charge in [0.05, 0.1) is 6.10 Å². The van der Waals surface area contributed by atoms with Gasteiger partial charge in [-0.25, -0.2) is 9.59 Å². The highest BCUT2D eigenvalue weighted by Crippen LogP contribution is 2.20. The molecule has 2 saturated heterocycles. The fourth-order valence-electron chi connectivity index (χ4n) is 2.21. The molecule has 4 amide bonds. The molecule has 2 rings (SSSR count). The molecule has 2 aliphatic heterocycles. The summed E-state index contributed by atoms with van der Waals surface area (Å²) >= 11 is 0. The minimum Gasteiger partial charge on any atom is -0.480 e. The van der Waals surface area contributed by atoms with Gasteiger partial charge in [0.2, 0.25) is 11.8 Å². The number of carbonyl (C=O) groups excluding carboxylic acids is 3. The second-order valence-corrected chi connectivity index (χ2v) is 4.51. The zero-order valence-corrected chi connectivity index (χ0v) is 9.90. The number of nitrogens with one attached hydrogen (secondary N) is 1. The lowest BCUT2D eigenvalue weighted by atomic mass is 10.2. The summed E-state index contributed by atoms with van der Waals surface area (Å²) in [6, 6.07) is -1.87. The molecule has 2 atom stereocenters. The maximum atomic E-state index is 12.1. The van der Waals surface area contributed by atoms with E-state index in [1.54, 1.807) is 0 Å². The smallest absolute Gasteiger partial charge is 0.326 e. The summed E-state index contributed by atoms with van der Waals surface area (Å²) in [7, 11) is 0. The lowest BCUT2D eigenvalue weighted by molar-refractivity contribution is -0.141. The van der Waals surface area contributed by atoms with Crippen molar-refractivity contribution in [2.45, 2.75) is 18.6 Å². The van der Waals surface area contributed by atoms with Crippen molar-refractivity contribution >= 4 is 23.8 Å². The summed E-state index contributed by atoms with van der Waals surface area (Å²) in [6.45, 7) is -0.727. The summed E-state index contributed by atoms with van der Waals surface area (Å²) in [5.74, 6) is -2.45. The summed E-state index contributed by atoms with van der Waals surface area (Å²) in [4.78, 5) is 47.4. The molecular weight excluding hydrogens is 258 g/mol. The van der Waals surface area contributed by atoms with Gasteiger partial charge in [-0.2, -0.15) is 0 Å². The third-order valence-corrected chi connectivity index (χ3v) is 3.03. The first-order valence-electron chi connectivity index (χ1n) is 5.67. The normalized spacial score (nSPS) is 27.4. The minimum atomic E-state index is -1.22. The maximum Gasteiger partial charge on any atom is 0.326 e. The number of rotatable bonds is 1. The number of aliphatic hydroxyl groups is 1. The third kappa shape index (κ3) is 2.65. The number of carbonyl (C=O) groups is 4. The van der Waals surface area contributed by atoms with E-state index in [2.05, 4.69) is 0 Å². The Bertz CT molecular complexity index is 435. The summed E-state index contributed by atoms with van der Waals surface area (Å²) in [5.41, 5.74) is 0. The first-order valence-corrected chi connectivity index (χ1v) is 5.67. The van der Waals surface area contributed by atoms with Crippen LogP contribution in [-0.2, 0) is 14.4 Å². The van der Waals surface area contributed by atoms with E-state index in [-0.39, 0.29) is 26.1 Å². The predicted octanol–water partition coefficient (Wildman–Crippen LogP) is -2.42. The monoisotopic (exact) mass is 271 g/mol. The van der Waals surface area contributed by atoms with Crippen molar-refractivity contribution in [3.05, 3.63) is 0 Å². The molecule has 9 heteroatoms. The average Bonchev–Trinajstić information content (AvgIpc) is 2.69. The van der Waals surface area contributed by atoms with Crippen LogP contribution in [0, 0.1) is 0 Å². The largest absolute Gasteiger partial charge is 0.480 e. The fraction of sp³-hybridized carbons (Fsp3) is 0.600. The number of β-amino-alcohol motifs (C(OH)–C–C–N with tert-alkyl or cyclic N) is 1. The zero-order chi connectivity index (χ0) is 14.2. The van der Waals surface area contributed by atoms with Gasteiger partial charge in [-0.15, -0.1) is 0 Å². The second-order valence-electron chi connectivity index (χ2n) is 4.51. The molecule has 0 aromatic heterocycles. The molecule has 2 aliphatic rings. The molecule has 9 nitrogen and oxygen atoms in total. The molecule has 104 valence electrons. The number of aliphatic carboxylic acids is 1. The number of piperazine rings is 1. The number of carboxylic acids is 1. The van der Waals surface area contributed by atoms with Crippen LogP contribution in [0.25, 0.3) is 0 Å². The van der Waals surface area contributed by atoms with Crippen LogP contribution in [-0.4, -0.2) is 75.6 Å². The van der Waals surface area contributed by atoms with Gasteiger partial charge in [0.15, 0.2) is 0 Å². The topological polar surface area (TPSA) is 127 Å². The first kappa shape index (κ1) is 13.3. The highest BCUT2D eigenvalue weighted by Gasteiger charge is 2.42. The van der Waals surface area contributed by atoms with Crippen molar-refractivity contribution in [3.63, 3.8) is 0 Å². The molecule has 3 N–H and O–H groups in total. The molecule has 2 fully saturated rings. The van der Waals surface area contributed by atoms with Crippen molar-refractivity contribution in [2.24, 2.45) is 0 Å². The van der Waals surface area contributed by atoms with Crippen LogP contribution in [0.2, 0.25) is 0 Å². The van der Waals surface area contributed by atoms with Gasteiger partial charge in [0.1, 0.15) is 19.1 Å². The molecule has 0 saturated carbocycles. The van der Waals surface area contributed by atoms with E-state index >= 15 is 0 Å². The lowest BCUT2D eigenvalue weighted by Crippen LogP contribution is -2.57. The van der Waals surface area contributed by atoms with E-state index in [0.29, 0.717) is 0 Å². The fourth-order valence-corrected chi connectivity index (χ4v) is 2.21. The number of carboxylic acid groups (broad SMARTS) is 1. The summed E-state index contributed by atoms with van der Waals surface area (Å²) in [5, 5.41) is 20.5. The van der Waals surface area contributed by atoms with Gasteiger partial charge < -0.3 is 20.0 Å². The van der Waals surface area contributed by atoms with Gasteiger partial charge >= 0.3 is 12.0 Å². The van der Waals surface area contributed by atoms with E-state index < -0.39 is 36.0 Å². The van der Waals surface area contributed by atoms with Gasteiger partial charge in [0, 0.05) is 13.0 Å². The Morgan fingerprint density at radius 1 is 1.21 bits per heavy atom. The molecule has 19 heavy (non-hydrogen) atoms. The van der Waals surface area contributed by atoms with Crippen LogP contribution in [0.15, 0.2) is 0 Å². The van der Waals surface area contributed by atoms with Crippen LogP contribution >= 0.6 is 0 Å². The first-order chi connectivity index (χ1) is 8.88. The Morgan fingerprint density at radius 2 is 1.79 bits per heavy atom. The highest BCUT2D eigenvalue weighted by molar-refractivity contribution is 6.02. The molecular formula is C10H13N3O6. The minimum absolute atomic E-state index is 0.0605. The molecule has 0 radical (unpaired) electrons. The summed E-state index contributed by atoms with van der Waals surface area (Å²) in [6.07, 6.45) is -0.978. The van der Waals surface area contributed by atoms with E-state index in [1.165, 1.54) is 0 Å². The molecule has 0 unspecified atom stereocenters. The van der Waals surface area contributed by atoms with Crippen LogP contribution in [0.1, 0.15) is 6.42 Å². The second kappa shape index (κ2) is 4.84. The zero-order valence-electron chi connectivity index (χ0n) is 9.90. The van der Waals surface area contributed by atoms with Crippen LogP contribution in [0.5, 0.6) is 0 Å². The van der Waals surface area contributed by atoms with Crippen LogP contribution in [0.4, 0.5) is 4.79 Å². The molecule has 0 aromatic carbocycles. The van der Waals surface area contributed by atoms with Crippen molar-refractivity contribution in [1.29, 1.82) is 0 Å². The quantitative estimate of drug-likeness (QED) is 0.456. The van der Waals surface area contributed by atoms with Crippen LogP contribution < -0.4 is 5.32 Å². The van der Waals surface area contributed by atoms with Gasteiger partial charge in [-0.05, 0) is 0 Å². The number of hydrogen-bond acceptors (Lipinski definition) is 5. The molecule has 0 aliphatic carbocycles. The van der Waals surface area contributed by atoms with E-state index in [1.807, 2.05) is 5.32 Å².